The number of alkyl halides is 3. The molecule has 0 bridgehead atoms. The summed E-state index contributed by atoms with van der Waals surface area (Å²) in [7, 11) is 0. The topological polar surface area (TPSA) is 61.1 Å². The number of rotatable bonds is 2. The van der Waals surface area contributed by atoms with Crippen molar-refractivity contribution in [2.75, 3.05) is 0 Å². The van der Waals surface area contributed by atoms with Gasteiger partial charge in [-0.25, -0.2) is 0 Å². The zero-order valence-corrected chi connectivity index (χ0v) is 11.7. The fraction of sp³-hybridized carbons (Fsp3) is 0.333. The first-order chi connectivity index (χ1) is 9.50. The van der Waals surface area contributed by atoms with Crippen LogP contribution in [0.4, 0.5) is 13.2 Å². The number of aliphatic hydroxyl groups excluding tert-OH is 1. The van der Waals surface area contributed by atoms with Crippen LogP contribution in [0.5, 0.6) is 0 Å². The molecule has 1 aromatic rings. The molecule has 0 spiro atoms. The molecule has 0 radical (unpaired) electrons. The van der Waals surface area contributed by atoms with Gasteiger partial charge < -0.3 is 5.11 Å². The van der Waals surface area contributed by atoms with Crippen LogP contribution in [0.25, 0.3) is 5.76 Å². The van der Waals surface area contributed by atoms with Crippen molar-refractivity contribution in [2.24, 2.45) is 5.41 Å². The van der Waals surface area contributed by atoms with Gasteiger partial charge >= 0.3 is 6.18 Å². The zero-order chi connectivity index (χ0) is 16.4. The Morgan fingerprint density at radius 1 is 1.19 bits per heavy atom. The highest BCUT2D eigenvalue weighted by Crippen LogP contribution is 2.35. The summed E-state index contributed by atoms with van der Waals surface area (Å²) >= 11 is 0. The van der Waals surface area contributed by atoms with Gasteiger partial charge in [-0.1, -0.05) is 39.0 Å². The number of ketones is 1. The van der Waals surface area contributed by atoms with Crippen LogP contribution >= 0.6 is 0 Å². The first-order valence-corrected chi connectivity index (χ1v) is 6.05. The lowest BCUT2D eigenvalue weighted by Gasteiger charge is -2.18. The van der Waals surface area contributed by atoms with Gasteiger partial charge in [-0.05, 0) is 6.07 Å². The summed E-state index contributed by atoms with van der Waals surface area (Å²) in [5, 5.41) is 19.0. The van der Waals surface area contributed by atoms with Crippen molar-refractivity contribution in [1.29, 1.82) is 5.26 Å². The molecule has 0 unspecified atom stereocenters. The SMILES string of the molecule is CC(C)(C)C(=O)/C(C#N)=C(\O)c1ccccc1C(F)(F)F. The second-order valence-corrected chi connectivity index (χ2v) is 5.46. The first-order valence-electron chi connectivity index (χ1n) is 6.05. The maximum atomic E-state index is 12.9. The molecule has 0 aliphatic carbocycles. The molecular formula is C15H14F3NO2. The Kier molecular flexibility index (Phi) is 4.47. The first kappa shape index (κ1) is 16.8. The van der Waals surface area contributed by atoms with E-state index in [1.807, 2.05) is 0 Å². The average Bonchev–Trinajstić information content (AvgIpc) is 2.37. The Morgan fingerprint density at radius 2 is 1.71 bits per heavy atom. The molecule has 0 saturated carbocycles. The number of carbonyl (C=O) groups excluding carboxylic acids is 1. The van der Waals surface area contributed by atoms with E-state index < -0.39 is 39.8 Å². The number of nitrogens with zero attached hydrogens (tertiary/aromatic N) is 1. The van der Waals surface area contributed by atoms with Crippen molar-refractivity contribution in [2.45, 2.75) is 26.9 Å². The molecule has 6 heteroatoms. The van der Waals surface area contributed by atoms with E-state index in [9.17, 15) is 23.1 Å². The summed E-state index contributed by atoms with van der Waals surface area (Å²) in [6.07, 6.45) is -4.70. The molecule has 1 N–H and O–H groups in total. The molecule has 0 aliphatic heterocycles. The van der Waals surface area contributed by atoms with Gasteiger partial charge in [0.15, 0.2) is 5.78 Å². The van der Waals surface area contributed by atoms with Gasteiger partial charge in [-0.2, -0.15) is 18.4 Å². The third kappa shape index (κ3) is 3.63. The van der Waals surface area contributed by atoms with E-state index in [-0.39, 0.29) is 0 Å². The molecule has 1 aromatic carbocycles. The number of halogens is 3. The fourth-order valence-electron chi connectivity index (χ4n) is 1.66. The maximum absolute atomic E-state index is 12.9. The molecule has 112 valence electrons. The van der Waals surface area contributed by atoms with Gasteiger partial charge in [0.05, 0.1) is 5.56 Å². The van der Waals surface area contributed by atoms with Gasteiger partial charge in [0.25, 0.3) is 0 Å². The lowest BCUT2D eigenvalue weighted by Crippen LogP contribution is -2.23. The number of nitriles is 1. The number of hydrogen-bond donors (Lipinski definition) is 1. The molecule has 1 rings (SSSR count). The average molecular weight is 297 g/mol. The molecular weight excluding hydrogens is 283 g/mol. The Labute approximate surface area is 120 Å². The predicted molar refractivity (Wildman–Crippen MR) is 71.1 cm³/mol. The van der Waals surface area contributed by atoms with Crippen LogP contribution in [0.3, 0.4) is 0 Å². The molecule has 0 heterocycles. The van der Waals surface area contributed by atoms with Gasteiger partial charge in [0.1, 0.15) is 17.4 Å². The summed E-state index contributed by atoms with van der Waals surface area (Å²) in [6, 6.07) is 5.75. The van der Waals surface area contributed by atoms with Crippen molar-refractivity contribution in [1.82, 2.24) is 0 Å². The molecule has 0 fully saturated rings. The molecule has 0 amide bonds. The zero-order valence-electron chi connectivity index (χ0n) is 11.7. The maximum Gasteiger partial charge on any atom is 0.417 e. The van der Waals surface area contributed by atoms with Crippen molar-refractivity contribution in [3.63, 3.8) is 0 Å². The standard InChI is InChI=1S/C15H14F3NO2/c1-14(2,3)13(21)10(8-19)12(20)9-6-4-5-7-11(9)15(16,17)18/h4-7,20H,1-3H3/b12-10-. The smallest absolute Gasteiger partial charge is 0.417 e. The van der Waals surface area contributed by atoms with Crippen LogP contribution in [0.2, 0.25) is 0 Å². The minimum atomic E-state index is -4.70. The van der Waals surface area contributed by atoms with Crippen molar-refractivity contribution < 1.29 is 23.1 Å². The monoisotopic (exact) mass is 297 g/mol. The third-order valence-electron chi connectivity index (χ3n) is 2.74. The van der Waals surface area contributed by atoms with Crippen molar-refractivity contribution in [3.05, 3.63) is 41.0 Å². The summed E-state index contributed by atoms with van der Waals surface area (Å²) in [5.74, 6) is -1.68. The Bertz CT molecular complexity index is 632. The quantitative estimate of drug-likeness (QED) is 0.507. The normalized spacial score (nSPS) is 13.4. The van der Waals surface area contributed by atoms with Gasteiger partial charge in [0.2, 0.25) is 0 Å². The third-order valence-corrected chi connectivity index (χ3v) is 2.74. The van der Waals surface area contributed by atoms with Gasteiger partial charge in [-0.3, -0.25) is 4.79 Å². The second-order valence-electron chi connectivity index (χ2n) is 5.46. The van der Waals surface area contributed by atoms with E-state index >= 15 is 0 Å². The number of Topliss-reactive ketones (excluding diaryl/α,β-unsaturated/α-hetero) is 1. The molecule has 0 atom stereocenters. The minimum absolute atomic E-state index is 0.584. The Morgan fingerprint density at radius 3 is 2.14 bits per heavy atom. The lowest BCUT2D eigenvalue weighted by molar-refractivity contribution is -0.138. The molecule has 0 aliphatic rings. The van der Waals surface area contributed by atoms with E-state index in [4.69, 9.17) is 5.26 Å². The Balaban J connectivity index is 3.56. The second kappa shape index (κ2) is 5.60. The summed E-state index contributed by atoms with van der Waals surface area (Å²) in [4.78, 5) is 12.0. The highest BCUT2D eigenvalue weighted by atomic mass is 19.4. The van der Waals surface area contributed by atoms with Crippen LogP contribution in [0.15, 0.2) is 29.8 Å². The van der Waals surface area contributed by atoms with Crippen LogP contribution in [-0.2, 0) is 11.0 Å². The van der Waals surface area contributed by atoms with Gasteiger partial charge in [0, 0.05) is 11.0 Å². The van der Waals surface area contributed by atoms with Crippen LogP contribution in [0, 0.1) is 16.7 Å². The van der Waals surface area contributed by atoms with E-state index in [2.05, 4.69) is 0 Å². The van der Waals surface area contributed by atoms with Crippen molar-refractivity contribution in [3.8, 4) is 6.07 Å². The molecule has 0 aromatic heterocycles. The highest BCUT2D eigenvalue weighted by Gasteiger charge is 2.36. The number of allylic oxidation sites excluding steroid dienone is 1. The molecule has 21 heavy (non-hydrogen) atoms. The van der Waals surface area contributed by atoms with Crippen molar-refractivity contribution >= 4 is 11.5 Å². The lowest BCUT2D eigenvalue weighted by atomic mass is 9.85. The highest BCUT2D eigenvalue weighted by molar-refractivity contribution is 6.07. The molecule has 3 nitrogen and oxygen atoms in total. The largest absolute Gasteiger partial charge is 0.506 e. The number of carbonyl (C=O) groups is 1. The van der Waals surface area contributed by atoms with Crippen LogP contribution < -0.4 is 0 Å². The number of benzene rings is 1. The van der Waals surface area contributed by atoms with E-state index in [0.717, 1.165) is 18.2 Å². The van der Waals surface area contributed by atoms with E-state index in [1.54, 1.807) is 0 Å². The van der Waals surface area contributed by atoms with Crippen LogP contribution in [-0.4, -0.2) is 10.9 Å². The summed E-state index contributed by atoms with van der Waals surface area (Å²) < 4.78 is 38.7. The molecule has 0 saturated heterocycles. The van der Waals surface area contributed by atoms with E-state index in [1.165, 1.54) is 32.9 Å². The minimum Gasteiger partial charge on any atom is -0.506 e. The predicted octanol–water partition coefficient (Wildman–Crippen LogP) is 4.11. The Hall–Kier alpha value is -2.29. The van der Waals surface area contributed by atoms with Crippen LogP contribution in [0.1, 0.15) is 31.9 Å². The van der Waals surface area contributed by atoms with E-state index in [0.29, 0.717) is 0 Å². The number of aliphatic hydroxyl groups is 1. The summed E-state index contributed by atoms with van der Waals surface area (Å²) in [6.45, 7) is 4.53. The fourth-order valence-corrected chi connectivity index (χ4v) is 1.66. The summed E-state index contributed by atoms with van der Waals surface area (Å²) in [5.41, 5.74) is -3.36. The van der Waals surface area contributed by atoms with Gasteiger partial charge in [-0.15, -0.1) is 0 Å². The number of hydrogen-bond acceptors (Lipinski definition) is 3.